The third-order valence-corrected chi connectivity index (χ3v) is 10.8. The fraction of sp³-hybridized carbons (Fsp3) is 0.0833. The molecule has 1 aliphatic carbocycles. The van der Waals surface area contributed by atoms with Crippen molar-refractivity contribution in [3.8, 4) is 44.5 Å². The second-order valence-corrected chi connectivity index (χ2v) is 13.8. The van der Waals surface area contributed by atoms with E-state index in [1.807, 2.05) is 18.2 Å². The Morgan fingerprint density at radius 3 is 1.92 bits per heavy atom. The maximum atomic E-state index is 13.7. The van der Waals surface area contributed by atoms with Gasteiger partial charge >= 0.3 is 0 Å². The largest absolute Gasteiger partial charge is 0.297 e. The van der Waals surface area contributed by atoms with Gasteiger partial charge in [0.2, 0.25) is 0 Å². The molecule has 8 aromatic rings. The number of benzene rings is 7. The van der Waals surface area contributed by atoms with Crippen LogP contribution < -0.4 is 0 Å². The van der Waals surface area contributed by atoms with Crippen LogP contribution in [0.5, 0.6) is 0 Å². The highest BCUT2D eigenvalue weighted by molar-refractivity contribution is 6.16. The molecule has 3 nitrogen and oxygen atoms in total. The molecule has 2 aliphatic rings. The van der Waals surface area contributed by atoms with Crippen LogP contribution >= 0.6 is 0 Å². The third-order valence-electron chi connectivity index (χ3n) is 10.8. The number of Topliss-reactive ketones (excluding diaryl/α,β-unsaturated/α-hetero) is 1. The van der Waals surface area contributed by atoms with Gasteiger partial charge in [-0.15, -0.1) is 0 Å². The minimum absolute atomic E-state index is 0.167. The first-order valence-electron chi connectivity index (χ1n) is 17.8. The van der Waals surface area contributed by atoms with Crippen LogP contribution in [-0.4, -0.2) is 16.2 Å². The first-order chi connectivity index (χ1) is 25.2. The molecule has 3 heteroatoms. The van der Waals surface area contributed by atoms with Crippen molar-refractivity contribution in [3.05, 3.63) is 175 Å². The highest BCUT2D eigenvalue weighted by atomic mass is 16.1. The molecule has 0 bridgehead atoms. The summed E-state index contributed by atoms with van der Waals surface area (Å²) in [7, 11) is 0. The molecule has 242 valence electrons. The maximum Gasteiger partial charge on any atom is 0.163 e. The highest BCUT2D eigenvalue weighted by Gasteiger charge is 2.32. The lowest BCUT2D eigenvalue weighted by Gasteiger charge is -2.31. The van der Waals surface area contributed by atoms with Crippen LogP contribution in [0.3, 0.4) is 0 Å². The molecule has 0 saturated carbocycles. The summed E-state index contributed by atoms with van der Waals surface area (Å²) in [5, 5.41) is 2.42. The lowest BCUT2D eigenvalue weighted by Crippen LogP contribution is -2.22. The quantitative estimate of drug-likeness (QED) is 0.187. The summed E-state index contributed by atoms with van der Waals surface area (Å²) in [4.78, 5) is 19.2. The molecule has 0 N–H and O–H groups in total. The van der Waals surface area contributed by atoms with Gasteiger partial charge in [0.25, 0.3) is 0 Å². The number of nitrogens with zero attached hydrogens (tertiary/aromatic N) is 2. The number of rotatable bonds is 3. The van der Waals surface area contributed by atoms with Crippen molar-refractivity contribution in [1.29, 1.82) is 0 Å². The van der Waals surface area contributed by atoms with E-state index >= 15 is 0 Å². The summed E-state index contributed by atoms with van der Waals surface area (Å²) >= 11 is 0. The number of carbonyl (C=O) groups is 1. The van der Waals surface area contributed by atoms with Crippen LogP contribution in [-0.2, 0) is 0 Å². The Kier molecular flexibility index (Phi) is 6.92. The van der Waals surface area contributed by atoms with Crippen molar-refractivity contribution >= 4 is 39.1 Å². The van der Waals surface area contributed by atoms with Crippen LogP contribution in [0.1, 0.15) is 41.1 Å². The number of para-hydroxylation sites is 1. The standard InChI is InChI=1S/C48H34N2O/c51-46-25-23-36-30-47(49-43-29-37(32-14-5-2-6-15-32)28-42(48(36)43)38-18-7-8-20-40(38)46)50-44-21-10-9-19-39(44)41-27-35(22-24-45(41)50)34-17-11-16-33(26-34)31-12-3-1-4-13-31/h1-22,24,26-29,36H,23,25,30H2. The lowest BCUT2D eigenvalue weighted by atomic mass is 9.77. The first kappa shape index (κ1) is 29.6. The fourth-order valence-corrected chi connectivity index (χ4v) is 8.42. The summed E-state index contributed by atoms with van der Waals surface area (Å²) in [6.45, 7) is 0. The van der Waals surface area contributed by atoms with E-state index < -0.39 is 0 Å². The normalized spacial score (nSPS) is 15.2. The average molecular weight is 655 g/mol. The topological polar surface area (TPSA) is 34.4 Å². The lowest BCUT2D eigenvalue weighted by molar-refractivity contribution is 0.0977. The van der Waals surface area contributed by atoms with Crippen LogP contribution in [0.25, 0.3) is 66.3 Å². The zero-order valence-electron chi connectivity index (χ0n) is 28.1. The predicted molar refractivity (Wildman–Crippen MR) is 211 cm³/mol. The number of ketones is 1. The second-order valence-electron chi connectivity index (χ2n) is 13.8. The summed E-state index contributed by atoms with van der Waals surface area (Å²) in [6.07, 6.45) is 2.07. The number of aromatic nitrogens is 1. The van der Waals surface area contributed by atoms with Gasteiger partial charge in [0.15, 0.2) is 5.78 Å². The van der Waals surface area contributed by atoms with E-state index in [1.54, 1.807) is 0 Å². The molecule has 1 aliphatic heterocycles. The van der Waals surface area contributed by atoms with Crippen LogP contribution in [0.2, 0.25) is 0 Å². The molecular formula is C48H34N2O. The minimum Gasteiger partial charge on any atom is -0.297 e. The van der Waals surface area contributed by atoms with E-state index in [-0.39, 0.29) is 11.7 Å². The molecule has 0 fully saturated rings. The molecule has 51 heavy (non-hydrogen) atoms. The van der Waals surface area contributed by atoms with E-state index in [9.17, 15) is 4.79 Å². The summed E-state index contributed by atoms with van der Waals surface area (Å²) in [6, 6.07) is 58.1. The zero-order valence-corrected chi connectivity index (χ0v) is 28.1. The van der Waals surface area contributed by atoms with Crippen molar-refractivity contribution in [1.82, 2.24) is 4.57 Å². The van der Waals surface area contributed by atoms with Gasteiger partial charge in [0.05, 0.1) is 16.7 Å². The number of hydrogen-bond donors (Lipinski definition) is 0. The number of fused-ring (bicyclic) bond motifs is 5. The zero-order chi connectivity index (χ0) is 33.9. The van der Waals surface area contributed by atoms with E-state index in [2.05, 4.69) is 150 Å². The number of aliphatic imine (C=N–C) groups is 1. The molecule has 0 radical (unpaired) electrons. The molecule has 10 rings (SSSR count). The third kappa shape index (κ3) is 4.96. The van der Waals surface area contributed by atoms with Crippen molar-refractivity contribution in [2.24, 2.45) is 4.99 Å². The maximum absolute atomic E-state index is 13.7. The van der Waals surface area contributed by atoms with Gasteiger partial charge < -0.3 is 0 Å². The van der Waals surface area contributed by atoms with Gasteiger partial charge in [-0.1, -0.05) is 127 Å². The van der Waals surface area contributed by atoms with Gasteiger partial charge in [-0.2, -0.15) is 0 Å². The number of carbonyl (C=O) groups excluding carboxylic acids is 1. The molecule has 0 amide bonds. The molecule has 1 aromatic heterocycles. The summed E-state index contributed by atoms with van der Waals surface area (Å²) in [5.74, 6) is 1.41. The van der Waals surface area contributed by atoms with Crippen molar-refractivity contribution < 1.29 is 4.79 Å². The van der Waals surface area contributed by atoms with E-state index in [0.717, 1.165) is 63.2 Å². The molecule has 2 heterocycles. The van der Waals surface area contributed by atoms with Gasteiger partial charge in [0.1, 0.15) is 5.84 Å². The van der Waals surface area contributed by atoms with Crippen LogP contribution in [0.4, 0.5) is 5.69 Å². The Morgan fingerprint density at radius 1 is 0.490 bits per heavy atom. The minimum atomic E-state index is 0.167. The average Bonchev–Trinajstić information content (AvgIpc) is 3.53. The fourth-order valence-electron chi connectivity index (χ4n) is 8.42. The number of hydrogen-bond acceptors (Lipinski definition) is 2. The van der Waals surface area contributed by atoms with Crippen molar-refractivity contribution in [2.75, 3.05) is 0 Å². The van der Waals surface area contributed by atoms with Gasteiger partial charge in [-0.3, -0.25) is 9.36 Å². The molecule has 7 aromatic carbocycles. The molecular weight excluding hydrogens is 621 g/mol. The molecule has 1 unspecified atom stereocenters. The Bertz CT molecular complexity index is 2680. The Hall–Kier alpha value is -6.32. The molecule has 1 atom stereocenters. The van der Waals surface area contributed by atoms with E-state index in [4.69, 9.17) is 4.99 Å². The molecule has 0 saturated heterocycles. The van der Waals surface area contributed by atoms with Gasteiger partial charge in [0, 0.05) is 29.2 Å². The van der Waals surface area contributed by atoms with E-state index in [1.165, 1.54) is 38.6 Å². The molecule has 0 spiro atoms. The predicted octanol–water partition coefficient (Wildman–Crippen LogP) is 12.5. The summed E-state index contributed by atoms with van der Waals surface area (Å²) < 4.78 is 2.38. The first-order valence-corrected chi connectivity index (χ1v) is 17.8. The van der Waals surface area contributed by atoms with E-state index in [0.29, 0.717) is 6.42 Å². The Balaban J connectivity index is 1.17. The van der Waals surface area contributed by atoms with Crippen LogP contribution in [0, 0.1) is 0 Å². The van der Waals surface area contributed by atoms with Gasteiger partial charge in [-0.05, 0) is 98.8 Å². The Labute approximate surface area is 297 Å². The highest BCUT2D eigenvalue weighted by Crippen LogP contribution is 2.49. The van der Waals surface area contributed by atoms with Crippen molar-refractivity contribution in [2.45, 2.75) is 25.2 Å². The Morgan fingerprint density at radius 2 is 1.12 bits per heavy atom. The monoisotopic (exact) mass is 654 g/mol. The van der Waals surface area contributed by atoms with Crippen molar-refractivity contribution in [3.63, 3.8) is 0 Å². The van der Waals surface area contributed by atoms with Gasteiger partial charge in [-0.25, -0.2) is 4.99 Å². The second kappa shape index (κ2) is 11.9. The SMILES string of the molecule is O=C1CCC2CC(n3c4ccccc4c4cc(-c5cccc(-c6ccccc6)c5)ccc43)=Nc3cc(-c4ccccc4)cc(c32)-c2ccccc21. The summed E-state index contributed by atoms with van der Waals surface area (Å²) in [5.41, 5.74) is 14.6. The van der Waals surface area contributed by atoms with Crippen LogP contribution in [0.15, 0.2) is 169 Å². The smallest absolute Gasteiger partial charge is 0.163 e.